The summed E-state index contributed by atoms with van der Waals surface area (Å²) in [4.78, 5) is 26.0. The minimum Gasteiger partial charge on any atom is -0.344 e. The zero-order chi connectivity index (χ0) is 18.6. The highest BCUT2D eigenvalue weighted by molar-refractivity contribution is 7.17. The summed E-state index contributed by atoms with van der Waals surface area (Å²) < 4.78 is 0. The van der Waals surface area contributed by atoms with Gasteiger partial charge in [-0.25, -0.2) is 9.97 Å². The van der Waals surface area contributed by atoms with Crippen LogP contribution in [0.2, 0.25) is 0 Å². The first-order chi connectivity index (χ1) is 13.2. The summed E-state index contributed by atoms with van der Waals surface area (Å²) in [5.74, 6) is 0.983. The summed E-state index contributed by atoms with van der Waals surface area (Å²) >= 11 is 1.38. The predicted molar refractivity (Wildman–Crippen MR) is 103 cm³/mol. The third-order valence-corrected chi connectivity index (χ3v) is 5.12. The Balaban J connectivity index is 1.45. The van der Waals surface area contributed by atoms with Gasteiger partial charge in [0.25, 0.3) is 5.91 Å². The second-order valence-corrected chi connectivity index (χ2v) is 6.82. The Morgan fingerprint density at radius 3 is 2.63 bits per heavy atom. The summed E-state index contributed by atoms with van der Waals surface area (Å²) in [6.07, 6.45) is 3.37. The second-order valence-electron chi connectivity index (χ2n) is 5.82. The molecule has 8 heteroatoms. The van der Waals surface area contributed by atoms with Crippen molar-refractivity contribution in [3.05, 3.63) is 71.3 Å². The molecule has 0 unspecified atom stereocenters. The molecular weight excluding hydrogens is 360 g/mol. The molecule has 0 spiro atoms. The molecule has 0 atom stereocenters. The van der Waals surface area contributed by atoms with E-state index in [4.69, 9.17) is 0 Å². The normalized spacial score (nSPS) is 10.7. The van der Waals surface area contributed by atoms with Crippen LogP contribution in [-0.2, 0) is 6.54 Å². The Labute approximate surface area is 159 Å². The van der Waals surface area contributed by atoms with E-state index >= 15 is 0 Å². The summed E-state index contributed by atoms with van der Waals surface area (Å²) in [7, 11) is 0. The van der Waals surface area contributed by atoms with E-state index in [9.17, 15) is 4.79 Å². The highest BCUT2D eigenvalue weighted by Gasteiger charge is 2.16. The maximum Gasteiger partial charge on any atom is 0.263 e. The first kappa shape index (κ1) is 17.0. The van der Waals surface area contributed by atoms with Gasteiger partial charge in [-0.15, -0.1) is 11.3 Å². The molecule has 0 saturated carbocycles. The lowest BCUT2D eigenvalue weighted by atomic mass is 10.2. The molecule has 4 rings (SSSR count). The molecule has 0 fully saturated rings. The molecule has 7 nitrogen and oxygen atoms in total. The number of thiazole rings is 1. The van der Waals surface area contributed by atoms with Gasteiger partial charge < -0.3 is 5.32 Å². The summed E-state index contributed by atoms with van der Waals surface area (Å²) in [5, 5.41) is 10.7. The SMILES string of the molecule is Cc1nc(-c2ccccc2)sc1C(=O)NCc1nc(-c2ccncc2)n[nH]1. The fourth-order valence-corrected chi connectivity index (χ4v) is 3.55. The van der Waals surface area contributed by atoms with E-state index in [1.807, 2.05) is 49.4 Å². The third kappa shape index (κ3) is 3.75. The lowest BCUT2D eigenvalue weighted by molar-refractivity contribution is 0.0953. The molecule has 0 saturated heterocycles. The van der Waals surface area contributed by atoms with Crippen LogP contribution in [0, 0.1) is 6.92 Å². The monoisotopic (exact) mass is 376 g/mol. The lowest BCUT2D eigenvalue weighted by Crippen LogP contribution is -2.23. The van der Waals surface area contributed by atoms with E-state index in [-0.39, 0.29) is 12.5 Å². The molecule has 2 N–H and O–H groups in total. The van der Waals surface area contributed by atoms with E-state index in [1.165, 1.54) is 11.3 Å². The molecule has 1 amide bonds. The van der Waals surface area contributed by atoms with Crippen molar-refractivity contribution in [2.24, 2.45) is 0 Å². The minimum absolute atomic E-state index is 0.172. The van der Waals surface area contributed by atoms with Gasteiger partial charge in [0.05, 0.1) is 12.2 Å². The van der Waals surface area contributed by atoms with Crippen LogP contribution in [0.1, 0.15) is 21.2 Å². The van der Waals surface area contributed by atoms with Crippen LogP contribution in [-0.4, -0.2) is 31.1 Å². The number of carbonyl (C=O) groups excluding carboxylic acids is 1. The number of benzene rings is 1. The van der Waals surface area contributed by atoms with Crippen LogP contribution < -0.4 is 5.32 Å². The highest BCUT2D eigenvalue weighted by atomic mass is 32.1. The molecule has 3 heterocycles. The van der Waals surface area contributed by atoms with Gasteiger partial charge in [-0.05, 0) is 19.1 Å². The summed E-state index contributed by atoms with van der Waals surface area (Å²) in [6, 6.07) is 13.5. The number of H-pyrrole nitrogens is 1. The molecule has 27 heavy (non-hydrogen) atoms. The molecule has 0 aliphatic rings. The van der Waals surface area contributed by atoms with Crippen LogP contribution in [0.15, 0.2) is 54.9 Å². The Morgan fingerprint density at radius 2 is 1.85 bits per heavy atom. The molecule has 134 valence electrons. The first-order valence-corrected chi connectivity index (χ1v) is 9.15. The topological polar surface area (TPSA) is 96.5 Å². The zero-order valence-corrected chi connectivity index (χ0v) is 15.3. The minimum atomic E-state index is -0.172. The number of nitrogens with zero attached hydrogens (tertiary/aromatic N) is 4. The van der Waals surface area contributed by atoms with Crippen molar-refractivity contribution in [2.75, 3.05) is 0 Å². The van der Waals surface area contributed by atoms with Crippen LogP contribution in [0.25, 0.3) is 22.0 Å². The highest BCUT2D eigenvalue weighted by Crippen LogP contribution is 2.27. The number of carbonyl (C=O) groups is 1. The average molecular weight is 376 g/mol. The Morgan fingerprint density at radius 1 is 1.07 bits per heavy atom. The fraction of sp³-hybridized carbons (Fsp3) is 0.105. The maximum absolute atomic E-state index is 12.5. The molecule has 0 bridgehead atoms. The molecule has 0 radical (unpaired) electrons. The van der Waals surface area contributed by atoms with E-state index in [0.717, 1.165) is 16.1 Å². The van der Waals surface area contributed by atoms with Gasteiger partial charge in [-0.1, -0.05) is 30.3 Å². The van der Waals surface area contributed by atoms with Gasteiger partial charge in [0.15, 0.2) is 5.82 Å². The summed E-state index contributed by atoms with van der Waals surface area (Å²) in [5.41, 5.74) is 2.58. The zero-order valence-electron chi connectivity index (χ0n) is 14.5. The largest absolute Gasteiger partial charge is 0.344 e. The molecule has 0 aliphatic carbocycles. The summed E-state index contributed by atoms with van der Waals surface area (Å²) in [6.45, 7) is 2.10. The lowest BCUT2D eigenvalue weighted by Gasteiger charge is -2.00. The molecular formula is C19H16N6OS. The van der Waals surface area contributed by atoms with Gasteiger partial charge in [0.1, 0.15) is 15.7 Å². The third-order valence-electron chi connectivity index (χ3n) is 3.91. The number of hydrogen-bond acceptors (Lipinski definition) is 6. The van der Waals surface area contributed by atoms with Crippen molar-refractivity contribution >= 4 is 17.2 Å². The number of aromatic nitrogens is 5. The quantitative estimate of drug-likeness (QED) is 0.557. The molecule has 4 aromatic rings. The van der Waals surface area contributed by atoms with Crippen molar-refractivity contribution in [3.8, 4) is 22.0 Å². The second kappa shape index (κ2) is 7.46. The van der Waals surface area contributed by atoms with Crippen molar-refractivity contribution in [1.82, 2.24) is 30.5 Å². The van der Waals surface area contributed by atoms with E-state index in [0.29, 0.717) is 22.2 Å². The van der Waals surface area contributed by atoms with Gasteiger partial charge in [-0.3, -0.25) is 14.9 Å². The number of aryl methyl sites for hydroxylation is 1. The van der Waals surface area contributed by atoms with Crippen molar-refractivity contribution < 1.29 is 4.79 Å². The van der Waals surface area contributed by atoms with Gasteiger partial charge in [0.2, 0.25) is 0 Å². The first-order valence-electron chi connectivity index (χ1n) is 8.33. The van der Waals surface area contributed by atoms with Crippen LogP contribution in [0.4, 0.5) is 0 Å². The van der Waals surface area contributed by atoms with E-state index in [1.54, 1.807) is 12.4 Å². The van der Waals surface area contributed by atoms with Crippen LogP contribution >= 0.6 is 11.3 Å². The average Bonchev–Trinajstić information content (AvgIpc) is 3.34. The van der Waals surface area contributed by atoms with Gasteiger partial charge in [0, 0.05) is 23.5 Å². The number of aromatic amines is 1. The Hall–Kier alpha value is -3.39. The number of pyridine rings is 1. The molecule has 1 aromatic carbocycles. The van der Waals surface area contributed by atoms with E-state index < -0.39 is 0 Å². The number of amides is 1. The number of rotatable bonds is 5. The van der Waals surface area contributed by atoms with Crippen molar-refractivity contribution in [3.63, 3.8) is 0 Å². The maximum atomic E-state index is 12.5. The fourth-order valence-electron chi connectivity index (χ4n) is 2.56. The Kier molecular flexibility index (Phi) is 4.71. The standard InChI is InChI=1S/C19H16N6OS/c1-12-16(27-19(22-12)14-5-3-2-4-6-14)18(26)21-11-15-23-17(25-24-15)13-7-9-20-10-8-13/h2-10H,11H2,1H3,(H,21,26)(H,23,24,25). The Bertz CT molecular complexity index is 1060. The van der Waals surface area contributed by atoms with E-state index in [2.05, 4.69) is 30.5 Å². The molecule has 3 aromatic heterocycles. The van der Waals surface area contributed by atoms with Crippen LogP contribution in [0.5, 0.6) is 0 Å². The van der Waals surface area contributed by atoms with Gasteiger partial charge >= 0.3 is 0 Å². The van der Waals surface area contributed by atoms with Crippen molar-refractivity contribution in [1.29, 1.82) is 0 Å². The smallest absolute Gasteiger partial charge is 0.263 e. The van der Waals surface area contributed by atoms with Gasteiger partial charge in [-0.2, -0.15) is 5.10 Å². The van der Waals surface area contributed by atoms with Crippen LogP contribution in [0.3, 0.4) is 0 Å². The van der Waals surface area contributed by atoms with Crippen molar-refractivity contribution in [2.45, 2.75) is 13.5 Å². The number of nitrogens with one attached hydrogen (secondary N) is 2. The molecule has 0 aliphatic heterocycles. The predicted octanol–water partition coefficient (Wildman–Crippen LogP) is 3.23. The number of hydrogen-bond donors (Lipinski definition) is 2.